The van der Waals surface area contributed by atoms with E-state index in [2.05, 4.69) is 17.2 Å². The minimum Gasteiger partial charge on any atom is -0.354 e. The summed E-state index contributed by atoms with van der Waals surface area (Å²) in [6, 6.07) is 5.31. The lowest BCUT2D eigenvalue weighted by Crippen LogP contribution is -2.38. The number of hydrogen-bond donors (Lipinski definition) is 1. The molecule has 0 bridgehead atoms. The second-order valence-corrected chi connectivity index (χ2v) is 8.48. The Morgan fingerprint density at radius 1 is 1.16 bits per heavy atom. The Hall–Kier alpha value is -2.29. The third-order valence-electron chi connectivity index (χ3n) is 5.19. The van der Waals surface area contributed by atoms with E-state index in [1.54, 1.807) is 12.1 Å². The highest BCUT2D eigenvalue weighted by Crippen LogP contribution is 2.30. The fraction of sp³-hybridized carbons (Fsp3) is 0.400. The van der Waals surface area contributed by atoms with Gasteiger partial charge in [-0.25, -0.2) is 4.79 Å². The van der Waals surface area contributed by atoms with Crippen LogP contribution in [0.25, 0.3) is 11.2 Å². The number of fused-ring (bicyclic) bond motifs is 1. The first-order valence-corrected chi connectivity index (χ1v) is 10.8. The molecule has 1 atom stereocenters. The first kappa shape index (κ1) is 23.4. The number of carbonyl (C=O) groups is 1. The first-order chi connectivity index (χ1) is 14.6. The van der Waals surface area contributed by atoms with Crippen molar-refractivity contribution in [1.29, 1.82) is 0 Å². The van der Waals surface area contributed by atoms with Gasteiger partial charge in [-0.05, 0) is 35.7 Å². The highest BCUT2D eigenvalue weighted by Gasteiger charge is 2.21. The van der Waals surface area contributed by atoms with E-state index in [1.165, 1.54) is 23.2 Å². The summed E-state index contributed by atoms with van der Waals surface area (Å²) < 4.78 is 3.48. The van der Waals surface area contributed by atoms with E-state index in [-0.39, 0.29) is 34.8 Å². The van der Waals surface area contributed by atoms with Gasteiger partial charge in [0, 0.05) is 36.6 Å². The van der Waals surface area contributed by atoms with Crippen molar-refractivity contribution in [2.45, 2.75) is 32.2 Å². The van der Waals surface area contributed by atoms with Gasteiger partial charge in [-0.2, -0.15) is 4.98 Å². The molecule has 31 heavy (non-hydrogen) atoms. The Balaban J connectivity index is 1.83. The van der Waals surface area contributed by atoms with E-state index >= 15 is 0 Å². The zero-order valence-electron chi connectivity index (χ0n) is 17.3. The number of hydrogen-bond acceptors (Lipinski definition) is 4. The highest BCUT2D eigenvalue weighted by atomic mass is 35.5. The first-order valence-electron chi connectivity index (χ1n) is 9.69. The number of carbonyl (C=O) groups excluding carboxylic acids is 1. The number of halogens is 3. The SMILES string of the molecule is CCCC(CNC(=O)Cn1c(Cl)nc2c1c(=O)n(C)c(=O)n2C)c1ccc(Cl)cc1Cl. The summed E-state index contributed by atoms with van der Waals surface area (Å²) in [6.45, 7) is 2.20. The van der Waals surface area contributed by atoms with Crippen LogP contribution < -0.4 is 16.6 Å². The minimum atomic E-state index is -0.567. The van der Waals surface area contributed by atoms with Crippen molar-refractivity contribution in [1.82, 2.24) is 24.0 Å². The van der Waals surface area contributed by atoms with E-state index in [4.69, 9.17) is 34.8 Å². The summed E-state index contributed by atoms with van der Waals surface area (Å²) in [7, 11) is 2.85. The molecule has 0 aliphatic carbocycles. The summed E-state index contributed by atoms with van der Waals surface area (Å²) in [5.41, 5.74) is 0.0362. The summed E-state index contributed by atoms with van der Waals surface area (Å²) >= 11 is 18.5. The van der Waals surface area contributed by atoms with Gasteiger partial charge in [0.15, 0.2) is 11.2 Å². The fourth-order valence-corrected chi connectivity index (χ4v) is 4.34. The maximum absolute atomic E-state index is 12.7. The number of nitrogens with zero attached hydrogens (tertiary/aromatic N) is 4. The van der Waals surface area contributed by atoms with Gasteiger partial charge in [-0.15, -0.1) is 0 Å². The molecule has 0 fully saturated rings. The molecule has 8 nitrogen and oxygen atoms in total. The smallest absolute Gasteiger partial charge is 0.332 e. The molecule has 11 heteroatoms. The molecule has 0 saturated heterocycles. The second-order valence-electron chi connectivity index (χ2n) is 7.30. The zero-order chi connectivity index (χ0) is 22.9. The molecule has 0 radical (unpaired) electrons. The molecule has 0 saturated carbocycles. The summed E-state index contributed by atoms with van der Waals surface area (Å²) in [5.74, 6) is -0.342. The predicted octanol–water partition coefficient (Wildman–Crippen LogP) is 3.09. The van der Waals surface area contributed by atoms with Crippen LogP contribution in [0.15, 0.2) is 27.8 Å². The molecular formula is C20H22Cl3N5O3. The van der Waals surface area contributed by atoms with Crippen molar-refractivity contribution in [2.24, 2.45) is 14.1 Å². The van der Waals surface area contributed by atoms with Gasteiger partial charge in [0.25, 0.3) is 5.56 Å². The van der Waals surface area contributed by atoms with Crippen LogP contribution in [-0.4, -0.2) is 31.1 Å². The van der Waals surface area contributed by atoms with Crippen molar-refractivity contribution in [3.63, 3.8) is 0 Å². The molecular weight excluding hydrogens is 465 g/mol. The van der Waals surface area contributed by atoms with Crippen LogP contribution in [0.2, 0.25) is 15.3 Å². The molecule has 3 rings (SSSR count). The van der Waals surface area contributed by atoms with Gasteiger partial charge in [0.05, 0.1) is 0 Å². The Bertz CT molecular complexity index is 1260. The number of imidazole rings is 1. The molecule has 1 N–H and O–H groups in total. The maximum Gasteiger partial charge on any atom is 0.332 e. The van der Waals surface area contributed by atoms with E-state index in [1.807, 2.05) is 6.07 Å². The number of aromatic nitrogens is 4. The van der Waals surface area contributed by atoms with Crippen molar-refractivity contribution in [3.8, 4) is 0 Å². The van der Waals surface area contributed by atoms with Crippen LogP contribution in [0.5, 0.6) is 0 Å². The van der Waals surface area contributed by atoms with Gasteiger partial charge in [-0.1, -0.05) is 42.6 Å². The van der Waals surface area contributed by atoms with Gasteiger partial charge < -0.3 is 5.32 Å². The van der Waals surface area contributed by atoms with Crippen LogP contribution in [0, 0.1) is 0 Å². The van der Waals surface area contributed by atoms with Crippen LogP contribution >= 0.6 is 34.8 Å². The van der Waals surface area contributed by atoms with Crippen LogP contribution in [-0.2, 0) is 25.4 Å². The standard InChI is InChI=1S/C20H22Cl3N5O3/c1-4-5-11(13-7-6-12(21)8-14(13)22)9-24-15(29)10-28-16-17(25-19(28)23)26(2)20(31)27(3)18(16)30/h6-8,11H,4-5,9-10H2,1-3H3,(H,24,29). The van der Waals surface area contributed by atoms with E-state index < -0.39 is 11.2 Å². The Labute approximate surface area is 193 Å². The lowest BCUT2D eigenvalue weighted by atomic mass is 9.94. The Morgan fingerprint density at radius 2 is 1.87 bits per heavy atom. The molecule has 166 valence electrons. The van der Waals surface area contributed by atoms with Crippen molar-refractivity contribution in [2.75, 3.05) is 6.54 Å². The van der Waals surface area contributed by atoms with Crippen molar-refractivity contribution < 1.29 is 4.79 Å². The van der Waals surface area contributed by atoms with Gasteiger partial charge in [-0.3, -0.25) is 23.3 Å². The largest absolute Gasteiger partial charge is 0.354 e. The number of benzene rings is 1. The third kappa shape index (κ3) is 4.66. The lowest BCUT2D eigenvalue weighted by Gasteiger charge is -2.19. The monoisotopic (exact) mass is 485 g/mol. The topological polar surface area (TPSA) is 90.9 Å². The van der Waals surface area contributed by atoms with Crippen LogP contribution in [0.1, 0.15) is 31.2 Å². The molecule has 0 spiro atoms. The second kappa shape index (κ2) is 9.46. The predicted molar refractivity (Wildman–Crippen MR) is 122 cm³/mol. The zero-order valence-corrected chi connectivity index (χ0v) is 19.6. The van der Waals surface area contributed by atoms with Crippen molar-refractivity contribution in [3.05, 3.63) is 59.9 Å². The third-order valence-corrected chi connectivity index (χ3v) is 6.04. The molecule has 3 aromatic rings. The van der Waals surface area contributed by atoms with E-state index in [0.29, 0.717) is 16.6 Å². The fourth-order valence-electron chi connectivity index (χ4n) is 3.55. The molecule has 1 unspecified atom stereocenters. The average Bonchev–Trinajstić information content (AvgIpc) is 3.04. The molecule has 0 aliphatic heterocycles. The maximum atomic E-state index is 12.7. The Kier molecular flexibility index (Phi) is 7.13. The summed E-state index contributed by atoms with van der Waals surface area (Å²) in [5, 5.41) is 3.93. The molecule has 1 aromatic carbocycles. The molecule has 1 amide bonds. The van der Waals surface area contributed by atoms with Gasteiger partial charge >= 0.3 is 5.69 Å². The van der Waals surface area contributed by atoms with Crippen LogP contribution in [0.3, 0.4) is 0 Å². The molecule has 2 aromatic heterocycles. The summed E-state index contributed by atoms with van der Waals surface area (Å²) in [4.78, 5) is 41.5. The molecule has 0 aliphatic rings. The van der Waals surface area contributed by atoms with Crippen LogP contribution in [0.4, 0.5) is 0 Å². The molecule has 2 heterocycles. The number of rotatable bonds is 7. The number of nitrogens with one attached hydrogen (secondary N) is 1. The Morgan fingerprint density at radius 3 is 2.52 bits per heavy atom. The van der Waals surface area contributed by atoms with E-state index in [0.717, 1.165) is 23.0 Å². The summed E-state index contributed by atoms with van der Waals surface area (Å²) in [6.07, 6.45) is 1.72. The van der Waals surface area contributed by atoms with Gasteiger partial charge in [0.2, 0.25) is 11.2 Å². The number of amides is 1. The van der Waals surface area contributed by atoms with Crippen molar-refractivity contribution >= 4 is 51.9 Å². The van der Waals surface area contributed by atoms with Gasteiger partial charge in [0.1, 0.15) is 6.54 Å². The lowest BCUT2D eigenvalue weighted by molar-refractivity contribution is -0.121. The minimum absolute atomic E-state index is 0.00223. The highest BCUT2D eigenvalue weighted by molar-refractivity contribution is 6.35. The normalized spacial score (nSPS) is 12.3. The van der Waals surface area contributed by atoms with E-state index in [9.17, 15) is 14.4 Å². The number of aryl methyl sites for hydroxylation is 1. The average molecular weight is 487 g/mol. The quantitative estimate of drug-likeness (QED) is 0.520.